The number of nitrogens with zero attached hydrogens (tertiary/aromatic N) is 1. The second-order valence-corrected chi connectivity index (χ2v) is 3.82. The minimum atomic E-state index is 0.696. The number of hydrogen-bond donors (Lipinski definition) is 1. The smallest absolute Gasteiger partial charge is 0.211 e. The first-order valence-electron chi connectivity index (χ1n) is 5.56. The molecule has 1 aromatic carbocycles. The molecule has 0 atom stereocenters. The normalized spacial score (nSPS) is 9.88. The number of amides is 1. The molecule has 0 saturated carbocycles. The van der Waals surface area contributed by atoms with Crippen molar-refractivity contribution >= 4 is 12.1 Å². The molecule has 3 nitrogen and oxygen atoms in total. The monoisotopic (exact) mass is 226 g/mol. The largest absolute Gasteiger partial charge is 0.329 e. The molecule has 1 heterocycles. The van der Waals surface area contributed by atoms with E-state index in [4.69, 9.17) is 0 Å². The third-order valence-corrected chi connectivity index (χ3v) is 2.60. The van der Waals surface area contributed by atoms with Crippen molar-refractivity contribution in [3.05, 3.63) is 59.9 Å². The second kappa shape index (κ2) is 5.80. The molecule has 0 saturated heterocycles. The molecule has 86 valence electrons. The Kier molecular flexibility index (Phi) is 3.86. The molecule has 0 unspecified atom stereocenters. The quantitative estimate of drug-likeness (QED) is 0.796. The lowest BCUT2D eigenvalue weighted by Crippen LogP contribution is -1.96. The number of rotatable bonds is 5. The molecule has 17 heavy (non-hydrogen) atoms. The van der Waals surface area contributed by atoms with Gasteiger partial charge in [-0.15, -0.1) is 0 Å². The highest BCUT2D eigenvalue weighted by Gasteiger charge is 1.97. The van der Waals surface area contributed by atoms with E-state index in [9.17, 15) is 4.79 Å². The Labute approximate surface area is 101 Å². The highest BCUT2D eigenvalue weighted by Crippen LogP contribution is 2.12. The van der Waals surface area contributed by atoms with E-state index in [1.807, 2.05) is 30.3 Å². The number of carbonyl (C=O) groups is 1. The maximum absolute atomic E-state index is 10.3. The first kappa shape index (κ1) is 11.3. The number of benzene rings is 1. The van der Waals surface area contributed by atoms with Gasteiger partial charge in [0.15, 0.2) is 0 Å². The van der Waals surface area contributed by atoms with Crippen LogP contribution in [-0.2, 0) is 17.6 Å². The molecule has 0 aliphatic carbocycles. The number of aryl methyl sites for hydroxylation is 2. The standard InChI is InChI=1S/C14H14N2O/c17-11-16-14-3-1-2-13(10-14)5-4-12-6-8-15-9-7-12/h1-3,6-11H,4-5H2,(H,16,17). The number of carbonyl (C=O) groups excluding carboxylic acids is 1. The summed E-state index contributed by atoms with van der Waals surface area (Å²) < 4.78 is 0. The van der Waals surface area contributed by atoms with Crippen LogP contribution >= 0.6 is 0 Å². The number of pyridine rings is 1. The predicted molar refractivity (Wildman–Crippen MR) is 67.8 cm³/mol. The molecule has 0 aliphatic heterocycles. The number of hydrogen-bond acceptors (Lipinski definition) is 2. The zero-order chi connectivity index (χ0) is 11.9. The van der Waals surface area contributed by atoms with Gasteiger partial charge in [-0.05, 0) is 48.2 Å². The minimum Gasteiger partial charge on any atom is -0.329 e. The van der Waals surface area contributed by atoms with Crippen molar-refractivity contribution in [1.82, 2.24) is 4.98 Å². The van der Waals surface area contributed by atoms with Crippen LogP contribution in [-0.4, -0.2) is 11.4 Å². The molecule has 3 heteroatoms. The average Bonchev–Trinajstić information content (AvgIpc) is 2.39. The van der Waals surface area contributed by atoms with Gasteiger partial charge in [-0.2, -0.15) is 0 Å². The Hall–Kier alpha value is -2.16. The summed E-state index contributed by atoms with van der Waals surface area (Å²) in [5, 5.41) is 2.66. The zero-order valence-corrected chi connectivity index (χ0v) is 9.47. The molecule has 0 bridgehead atoms. The SMILES string of the molecule is O=CNc1cccc(CCc2ccncc2)c1. The van der Waals surface area contributed by atoms with Gasteiger partial charge in [0, 0.05) is 18.1 Å². The molecule has 0 spiro atoms. The van der Waals surface area contributed by atoms with Crippen molar-refractivity contribution in [2.75, 3.05) is 5.32 Å². The van der Waals surface area contributed by atoms with Crippen LogP contribution < -0.4 is 5.32 Å². The summed E-state index contributed by atoms with van der Waals surface area (Å²) in [5.74, 6) is 0. The first-order chi connectivity index (χ1) is 8.38. The van der Waals surface area contributed by atoms with Gasteiger partial charge in [0.1, 0.15) is 0 Å². The van der Waals surface area contributed by atoms with E-state index in [0.717, 1.165) is 18.5 Å². The Morgan fingerprint density at radius 1 is 1.06 bits per heavy atom. The van der Waals surface area contributed by atoms with Gasteiger partial charge in [0.2, 0.25) is 6.41 Å². The molecule has 2 rings (SSSR count). The summed E-state index contributed by atoms with van der Waals surface area (Å²) >= 11 is 0. The Morgan fingerprint density at radius 2 is 1.82 bits per heavy atom. The van der Waals surface area contributed by atoms with Crippen molar-refractivity contribution in [2.24, 2.45) is 0 Å². The van der Waals surface area contributed by atoms with Gasteiger partial charge in [-0.1, -0.05) is 12.1 Å². The van der Waals surface area contributed by atoms with Gasteiger partial charge >= 0.3 is 0 Å². The van der Waals surface area contributed by atoms with Gasteiger partial charge in [0.05, 0.1) is 0 Å². The Bertz CT molecular complexity index is 483. The Balaban J connectivity index is 1.99. The predicted octanol–water partition coefficient (Wildman–Crippen LogP) is 2.44. The van der Waals surface area contributed by atoms with Crippen molar-refractivity contribution in [2.45, 2.75) is 12.8 Å². The number of nitrogens with one attached hydrogen (secondary N) is 1. The third-order valence-electron chi connectivity index (χ3n) is 2.60. The maximum atomic E-state index is 10.3. The summed E-state index contributed by atoms with van der Waals surface area (Å²) in [4.78, 5) is 14.3. The molecular weight excluding hydrogens is 212 g/mol. The van der Waals surface area contributed by atoms with E-state index in [1.165, 1.54) is 11.1 Å². The lowest BCUT2D eigenvalue weighted by atomic mass is 10.1. The fourth-order valence-electron chi connectivity index (χ4n) is 1.72. The molecular formula is C14H14N2O. The summed E-state index contributed by atoms with van der Waals surface area (Å²) in [6.45, 7) is 0. The molecule has 0 radical (unpaired) electrons. The van der Waals surface area contributed by atoms with E-state index in [-0.39, 0.29) is 0 Å². The van der Waals surface area contributed by atoms with Crippen LogP contribution in [0, 0.1) is 0 Å². The summed E-state index contributed by atoms with van der Waals surface area (Å²) in [6.07, 6.45) is 6.24. The van der Waals surface area contributed by atoms with Crippen molar-refractivity contribution < 1.29 is 4.79 Å². The van der Waals surface area contributed by atoms with Crippen LogP contribution in [0.1, 0.15) is 11.1 Å². The van der Waals surface area contributed by atoms with Gasteiger partial charge < -0.3 is 5.32 Å². The number of anilines is 1. The Morgan fingerprint density at radius 3 is 2.59 bits per heavy atom. The van der Waals surface area contributed by atoms with E-state index in [1.54, 1.807) is 12.4 Å². The van der Waals surface area contributed by atoms with Gasteiger partial charge in [0.25, 0.3) is 0 Å². The zero-order valence-electron chi connectivity index (χ0n) is 9.47. The molecule has 1 aromatic heterocycles. The van der Waals surface area contributed by atoms with Crippen LogP contribution in [0.3, 0.4) is 0 Å². The minimum absolute atomic E-state index is 0.696. The fraction of sp³-hybridized carbons (Fsp3) is 0.143. The highest BCUT2D eigenvalue weighted by atomic mass is 16.1. The molecule has 1 N–H and O–H groups in total. The van der Waals surface area contributed by atoms with Gasteiger partial charge in [-0.3, -0.25) is 9.78 Å². The van der Waals surface area contributed by atoms with Crippen LogP contribution in [0.4, 0.5) is 5.69 Å². The lowest BCUT2D eigenvalue weighted by molar-refractivity contribution is -0.105. The fourth-order valence-corrected chi connectivity index (χ4v) is 1.72. The summed E-state index contributed by atoms with van der Waals surface area (Å²) in [7, 11) is 0. The van der Waals surface area contributed by atoms with Crippen molar-refractivity contribution in [3.63, 3.8) is 0 Å². The lowest BCUT2D eigenvalue weighted by Gasteiger charge is -2.04. The van der Waals surface area contributed by atoms with E-state index >= 15 is 0 Å². The van der Waals surface area contributed by atoms with Crippen LogP contribution in [0.15, 0.2) is 48.8 Å². The van der Waals surface area contributed by atoms with Crippen LogP contribution in [0.5, 0.6) is 0 Å². The molecule has 0 aliphatic rings. The first-order valence-corrected chi connectivity index (χ1v) is 5.56. The van der Waals surface area contributed by atoms with E-state index < -0.39 is 0 Å². The highest BCUT2D eigenvalue weighted by molar-refractivity contribution is 5.71. The third kappa shape index (κ3) is 3.41. The van der Waals surface area contributed by atoms with Crippen molar-refractivity contribution in [1.29, 1.82) is 0 Å². The second-order valence-electron chi connectivity index (χ2n) is 3.82. The molecule has 0 fully saturated rings. The summed E-state index contributed by atoms with van der Waals surface area (Å²) in [6, 6.07) is 11.9. The molecule has 1 amide bonds. The maximum Gasteiger partial charge on any atom is 0.211 e. The molecule has 2 aromatic rings. The van der Waals surface area contributed by atoms with E-state index in [2.05, 4.69) is 16.4 Å². The topological polar surface area (TPSA) is 42.0 Å². The average molecular weight is 226 g/mol. The van der Waals surface area contributed by atoms with Gasteiger partial charge in [-0.25, -0.2) is 0 Å². The summed E-state index contributed by atoms with van der Waals surface area (Å²) in [5.41, 5.74) is 3.33. The number of aromatic nitrogens is 1. The van der Waals surface area contributed by atoms with Crippen LogP contribution in [0.2, 0.25) is 0 Å². The van der Waals surface area contributed by atoms with Crippen LogP contribution in [0.25, 0.3) is 0 Å². The van der Waals surface area contributed by atoms with E-state index in [0.29, 0.717) is 6.41 Å². The van der Waals surface area contributed by atoms with Crippen molar-refractivity contribution in [3.8, 4) is 0 Å².